The van der Waals surface area contributed by atoms with Gasteiger partial charge in [0.1, 0.15) is 5.76 Å². The zero-order valence-corrected chi connectivity index (χ0v) is 6.51. The van der Waals surface area contributed by atoms with Gasteiger partial charge in [-0.25, -0.2) is 0 Å². The summed E-state index contributed by atoms with van der Waals surface area (Å²) in [6.45, 7) is 1.68. The Labute approximate surface area is 67.9 Å². The summed E-state index contributed by atoms with van der Waals surface area (Å²) in [4.78, 5) is 21.1. The molecule has 11 heavy (non-hydrogen) atoms. The van der Waals surface area contributed by atoms with Gasteiger partial charge in [0.15, 0.2) is 5.76 Å². The van der Waals surface area contributed by atoms with Crippen LogP contribution in [0.15, 0.2) is 16.5 Å². The quantitative estimate of drug-likeness (QED) is 0.386. The fraction of sp³-hybridized carbons (Fsp3) is 0.143. The van der Waals surface area contributed by atoms with Crippen molar-refractivity contribution < 1.29 is 14.0 Å². The van der Waals surface area contributed by atoms with Crippen LogP contribution in [0, 0.1) is 6.92 Å². The molecule has 0 fully saturated rings. The maximum absolute atomic E-state index is 10.8. The van der Waals surface area contributed by atoms with Crippen molar-refractivity contribution in [2.24, 2.45) is 0 Å². The van der Waals surface area contributed by atoms with E-state index in [0.29, 0.717) is 5.76 Å². The molecule has 0 amide bonds. The molecule has 0 saturated heterocycles. The number of rotatable bonds is 2. The van der Waals surface area contributed by atoms with Crippen LogP contribution in [0.3, 0.4) is 0 Å². The van der Waals surface area contributed by atoms with Crippen molar-refractivity contribution in [2.75, 3.05) is 0 Å². The minimum absolute atomic E-state index is 0.0116. The van der Waals surface area contributed by atoms with Crippen molar-refractivity contribution in [3.63, 3.8) is 0 Å². The predicted octanol–water partition coefficient (Wildman–Crippen LogP) is 1.54. The summed E-state index contributed by atoms with van der Waals surface area (Å²) in [6.07, 6.45) is 0. The smallest absolute Gasteiger partial charge is 0.296 e. The molecule has 0 saturated carbocycles. The first-order chi connectivity index (χ1) is 5.11. The second-order valence-electron chi connectivity index (χ2n) is 2.01. The minimum atomic E-state index is -1.03. The molecule has 0 spiro atoms. The lowest BCUT2D eigenvalue weighted by Crippen LogP contribution is -2.05. The fourth-order valence-corrected chi connectivity index (χ4v) is 0.747. The van der Waals surface area contributed by atoms with E-state index in [0.717, 1.165) is 0 Å². The highest BCUT2D eigenvalue weighted by molar-refractivity contribution is 6.82. The van der Waals surface area contributed by atoms with Crippen LogP contribution in [0.25, 0.3) is 0 Å². The molecule has 4 heteroatoms. The van der Waals surface area contributed by atoms with Gasteiger partial charge >= 0.3 is 0 Å². The average molecular weight is 173 g/mol. The molecule has 0 aliphatic heterocycles. The SMILES string of the molecule is Cc1ccc(C(=O)C(=O)Cl)o1. The Bertz CT molecular complexity index is 300. The molecule has 0 aromatic carbocycles. The summed E-state index contributed by atoms with van der Waals surface area (Å²) in [5.74, 6) is -0.242. The second kappa shape index (κ2) is 2.88. The predicted molar refractivity (Wildman–Crippen MR) is 38.6 cm³/mol. The number of hydrogen-bond donors (Lipinski definition) is 0. The Morgan fingerprint density at radius 2 is 2.09 bits per heavy atom. The molecular formula is C7H5ClO3. The average Bonchev–Trinajstić information content (AvgIpc) is 2.34. The lowest BCUT2D eigenvalue weighted by Gasteiger charge is -1.86. The van der Waals surface area contributed by atoms with Gasteiger partial charge in [-0.3, -0.25) is 9.59 Å². The summed E-state index contributed by atoms with van der Waals surface area (Å²) in [7, 11) is 0. The molecule has 0 aliphatic rings. The van der Waals surface area contributed by atoms with Crippen LogP contribution in [0.2, 0.25) is 0 Å². The molecule has 1 aromatic heterocycles. The van der Waals surface area contributed by atoms with Gasteiger partial charge < -0.3 is 4.42 Å². The van der Waals surface area contributed by atoms with Crippen LogP contribution >= 0.6 is 11.6 Å². The van der Waals surface area contributed by atoms with Gasteiger partial charge in [-0.05, 0) is 30.7 Å². The monoisotopic (exact) mass is 172 g/mol. The van der Waals surface area contributed by atoms with Gasteiger partial charge in [-0.2, -0.15) is 0 Å². The van der Waals surface area contributed by atoms with Crippen LogP contribution in [0.1, 0.15) is 16.3 Å². The Morgan fingerprint density at radius 1 is 1.45 bits per heavy atom. The van der Waals surface area contributed by atoms with Crippen LogP contribution < -0.4 is 0 Å². The van der Waals surface area contributed by atoms with Crippen LogP contribution in [-0.4, -0.2) is 11.0 Å². The molecule has 1 aromatic rings. The van der Waals surface area contributed by atoms with E-state index in [-0.39, 0.29) is 5.76 Å². The number of carbonyl (C=O) groups is 2. The zero-order chi connectivity index (χ0) is 8.43. The Morgan fingerprint density at radius 3 is 2.45 bits per heavy atom. The van der Waals surface area contributed by atoms with E-state index in [1.807, 2.05) is 0 Å². The summed E-state index contributed by atoms with van der Waals surface area (Å²) in [5.41, 5.74) is 0. The Hall–Kier alpha value is -1.09. The first-order valence-corrected chi connectivity index (χ1v) is 3.29. The standard InChI is InChI=1S/C7H5ClO3/c1-4-2-3-5(11-4)6(9)7(8)10/h2-3H,1H3. The summed E-state index contributed by atoms with van der Waals surface area (Å²) in [5, 5.41) is -1.03. The highest BCUT2D eigenvalue weighted by Crippen LogP contribution is 2.07. The van der Waals surface area contributed by atoms with Crippen molar-refractivity contribution in [2.45, 2.75) is 6.92 Å². The van der Waals surface area contributed by atoms with E-state index >= 15 is 0 Å². The molecule has 58 valence electrons. The van der Waals surface area contributed by atoms with E-state index in [1.165, 1.54) is 6.07 Å². The van der Waals surface area contributed by atoms with E-state index < -0.39 is 11.0 Å². The first kappa shape index (κ1) is 8.01. The molecule has 0 bridgehead atoms. The lowest BCUT2D eigenvalue weighted by atomic mass is 10.3. The third-order valence-corrected chi connectivity index (χ3v) is 1.31. The third-order valence-electron chi connectivity index (χ3n) is 1.14. The van der Waals surface area contributed by atoms with Crippen LogP contribution in [0.4, 0.5) is 0 Å². The third kappa shape index (κ3) is 1.68. The van der Waals surface area contributed by atoms with Crippen molar-refractivity contribution in [3.8, 4) is 0 Å². The number of hydrogen-bond acceptors (Lipinski definition) is 3. The maximum Gasteiger partial charge on any atom is 0.296 e. The largest absolute Gasteiger partial charge is 0.458 e. The van der Waals surface area contributed by atoms with E-state index in [4.69, 9.17) is 16.0 Å². The zero-order valence-electron chi connectivity index (χ0n) is 5.76. The molecule has 0 atom stereocenters. The van der Waals surface area contributed by atoms with Crippen LogP contribution in [0.5, 0.6) is 0 Å². The van der Waals surface area contributed by atoms with Gasteiger partial charge in [0.05, 0.1) is 0 Å². The second-order valence-corrected chi connectivity index (χ2v) is 2.36. The molecule has 0 radical (unpaired) electrons. The van der Waals surface area contributed by atoms with Crippen molar-refractivity contribution >= 4 is 22.6 Å². The van der Waals surface area contributed by atoms with Gasteiger partial charge in [-0.1, -0.05) is 0 Å². The van der Waals surface area contributed by atoms with E-state index in [2.05, 4.69) is 0 Å². The first-order valence-electron chi connectivity index (χ1n) is 2.92. The minimum Gasteiger partial charge on any atom is -0.458 e. The molecular weight excluding hydrogens is 168 g/mol. The molecule has 0 aliphatic carbocycles. The molecule has 1 rings (SSSR count). The molecule has 3 nitrogen and oxygen atoms in total. The Kier molecular flexibility index (Phi) is 2.10. The molecule has 0 unspecified atom stereocenters. The highest BCUT2D eigenvalue weighted by Gasteiger charge is 2.16. The lowest BCUT2D eigenvalue weighted by molar-refractivity contribution is -0.108. The van der Waals surface area contributed by atoms with Gasteiger partial charge in [0.25, 0.3) is 11.0 Å². The van der Waals surface area contributed by atoms with Gasteiger partial charge in [0.2, 0.25) is 0 Å². The fourth-order valence-electron chi connectivity index (χ4n) is 0.653. The Balaban J connectivity index is 2.94. The number of Topliss-reactive ketones (excluding diaryl/α,β-unsaturated/α-hetero) is 1. The summed E-state index contributed by atoms with van der Waals surface area (Å²) >= 11 is 4.92. The topological polar surface area (TPSA) is 47.3 Å². The van der Waals surface area contributed by atoms with Crippen LogP contribution in [-0.2, 0) is 4.79 Å². The summed E-state index contributed by atoms with van der Waals surface area (Å²) in [6, 6.07) is 3.00. The molecule has 1 heterocycles. The maximum atomic E-state index is 10.8. The normalized spacial score (nSPS) is 9.64. The number of halogens is 1. The molecule has 0 N–H and O–H groups in total. The number of ketones is 1. The van der Waals surface area contributed by atoms with Gasteiger partial charge in [-0.15, -0.1) is 0 Å². The van der Waals surface area contributed by atoms with Crippen molar-refractivity contribution in [1.82, 2.24) is 0 Å². The van der Waals surface area contributed by atoms with E-state index in [9.17, 15) is 9.59 Å². The number of carbonyl (C=O) groups excluding carboxylic acids is 2. The van der Waals surface area contributed by atoms with Gasteiger partial charge in [0, 0.05) is 0 Å². The van der Waals surface area contributed by atoms with Crippen molar-refractivity contribution in [3.05, 3.63) is 23.7 Å². The summed E-state index contributed by atoms with van der Waals surface area (Å²) < 4.78 is 4.85. The number of aryl methyl sites for hydroxylation is 1. The van der Waals surface area contributed by atoms with Crippen molar-refractivity contribution in [1.29, 1.82) is 0 Å². The highest BCUT2D eigenvalue weighted by atomic mass is 35.5. The van der Waals surface area contributed by atoms with E-state index in [1.54, 1.807) is 13.0 Å². The number of furan rings is 1.